The van der Waals surface area contributed by atoms with E-state index in [1.54, 1.807) is 13.0 Å². The zero-order valence-corrected chi connectivity index (χ0v) is 8.60. The molecule has 1 heterocycles. The van der Waals surface area contributed by atoms with Gasteiger partial charge in [-0.15, -0.1) is 11.3 Å². The second-order valence-corrected chi connectivity index (χ2v) is 4.05. The topological polar surface area (TPSA) is 50.2 Å². The maximum absolute atomic E-state index is 10.5. The van der Waals surface area contributed by atoms with Crippen LogP contribution in [0.3, 0.4) is 0 Å². The normalized spacial score (nSPS) is 11.8. The molecule has 13 heavy (non-hydrogen) atoms. The summed E-state index contributed by atoms with van der Waals surface area (Å²) in [5.74, 6) is -0.884. The fourth-order valence-corrected chi connectivity index (χ4v) is 1.87. The predicted molar refractivity (Wildman–Crippen MR) is 52.9 cm³/mol. The maximum atomic E-state index is 10.5. The van der Waals surface area contributed by atoms with Crippen LogP contribution in [0.2, 0.25) is 0 Å². The molecule has 1 N–H and O–H groups in total. The predicted octanol–water partition coefficient (Wildman–Crippen LogP) is 2.25. The van der Waals surface area contributed by atoms with E-state index in [0.717, 1.165) is 15.6 Å². The first-order valence-corrected chi connectivity index (χ1v) is 4.68. The highest BCUT2D eigenvalue weighted by molar-refractivity contribution is 7.12. The van der Waals surface area contributed by atoms with Crippen LogP contribution in [-0.2, 0) is 4.79 Å². The molecule has 0 aliphatic rings. The molecule has 0 fully saturated rings. The lowest BCUT2D eigenvalue weighted by atomic mass is 10.2. The number of carboxylic acid groups (broad SMARTS) is 1. The highest BCUT2D eigenvalue weighted by atomic mass is 32.1. The molecule has 0 spiro atoms. The van der Waals surface area contributed by atoms with Crippen molar-refractivity contribution in [3.8, 4) is 0 Å². The van der Waals surface area contributed by atoms with Crippen molar-refractivity contribution in [3.05, 3.63) is 21.2 Å². The van der Waals surface area contributed by atoms with E-state index in [9.17, 15) is 4.79 Å². The van der Waals surface area contributed by atoms with Gasteiger partial charge in [-0.3, -0.25) is 0 Å². The number of thiazole rings is 1. The Balaban J connectivity index is 3.03. The van der Waals surface area contributed by atoms with Crippen molar-refractivity contribution in [1.29, 1.82) is 0 Å². The summed E-state index contributed by atoms with van der Waals surface area (Å²) in [6.07, 6.45) is 1.66. The van der Waals surface area contributed by atoms with Gasteiger partial charge in [-0.25, -0.2) is 9.78 Å². The van der Waals surface area contributed by atoms with Gasteiger partial charge in [0, 0.05) is 5.57 Å². The minimum absolute atomic E-state index is 0.340. The molecule has 3 nitrogen and oxygen atoms in total. The van der Waals surface area contributed by atoms with Crippen molar-refractivity contribution < 1.29 is 9.90 Å². The lowest BCUT2D eigenvalue weighted by Crippen LogP contribution is -1.95. The molecule has 0 unspecified atom stereocenters. The number of nitrogens with zero attached hydrogens (tertiary/aromatic N) is 1. The van der Waals surface area contributed by atoms with E-state index in [2.05, 4.69) is 4.98 Å². The number of aromatic nitrogens is 1. The van der Waals surface area contributed by atoms with Gasteiger partial charge in [0.2, 0.25) is 0 Å². The summed E-state index contributed by atoms with van der Waals surface area (Å²) in [6.45, 7) is 5.37. The zero-order valence-electron chi connectivity index (χ0n) is 7.79. The molecule has 0 saturated carbocycles. The monoisotopic (exact) mass is 197 g/mol. The lowest BCUT2D eigenvalue weighted by molar-refractivity contribution is -0.132. The molecular formula is C9H11NO2S. The number of hydrogen-bond donors (Lipinski definition) is 1. The fraction of sp³-hybridized carbons (Fsp3) is 0.333. The third-order valence-corrected chi connectivity index (χ3v) is 2.64. The maximum Gasteiger partial charge on any atom is 0.331 e. The van der Waals surface area contributed by atoms with E-state index in [0.29, 0.717) is 5.57 Å². The van der Waals surface area contributed by atoms with Crippen LogP contribution in [0.5, 0.6) is 0 Å². The molecule has 0 aliphatic heterocycles. The third-order valence-electron chi connectivity index (χ3n) is 1.62. The molecule has 0 bridgehead atoms. The van der Waals surface area contributed by atoms with Gasteiger partial charge in [0.05, 0.1) is 15.6 Å². The number of rotatable bonds is 2. The molecule has 0 radical (unpaired) electrons. The van der Waals surface area contributed by atoms with Gasteiger partial charge in [0.15, 0.2) is 0 Å². The largest absolute Gasteiger partial charge is 0.478 e. The van der Waals surface area contributed by atoms with Crippen LogP contribution in [0.15, 0.2) is 5.57 Å². The van der Waals surface area contributed by atoms with Crippen molar-refractivity contribution in [2.24, 2.45) is 0 Å². The smallest absolute Gasteiger partial charge is 0.331 e. The van der Waals surface area contributed by atoms with E-state index < -0.39 is 5.97 Å². The molecule has 0 aliphatic carbocycles. The summed E-state index contributed by atoms with van der Waals surface area (Å²) < 4.78 is 0. The Kier molecular flexibility index (Phi) is 2.83. The van der Waals surface area contributed by atoms with Crippen molar-refractivity contribution >= 4 is 23.4 Å². The summed E-state index contributed by atoms with van der Waals surface area (Å²) >= 11 is 1.51. The summed E-state index contributed by atoms with van der Waals surface area (Å²) in [5, 5.41) is 9.62. The van der Waals surface area contributed by atoms with Gasteiger partial charge in [-0.1, -0.05) is 0 Å². The Labute approximate surface area is 80.7 Å². The average Bonchev–Trinajstić information content (AvgIpc) is 2.30. The van der Waals surface area contributed by atoms with Crippen LogP contribution in [0.4, 0.5) is 0 Å². The highest BCUT2D eigenvalue weighted by Crippen LogP contribution is 2.20. The fourth-order valence-electron chi connectivity index (χ4n) is 0.939. The van der Waals surface area contributed by atoms with Crippen molar-refractivity contribution in [2.75, 3.05) is 0 Å². The molecule has 1 aromatic rings. The number of aliphatic carboxylic acids is 1. The molecule has 1 aromatic heterocycles. The average molecular weight is 197 g/mol. The van der Waals surface area contributed by atoms with Crippen molar-refractivity contribution in [2.45, 2.75) is 20.8 Å². The first-order chi connectivity index (χ1) is 6.00. The van der Waals surface area contributed by atoms with Gasteiger partial charge in [0.1, 0.15) is 0 Å². The summed E-state index contributed by atoms with van der Waals surface area (Å²) in [7, 11) is 0. The third kappa shape index (κ3) is 2.39. The SMILES string of the molecule is C/C(=C\c1sc(C)nc1C)C(=O)O. The minimum atomic E-state index is -0.884. The number of aryl methyl sites for hydroxylation is 2. The second kappa shape index (κ2) is 3.70. The zero-order chi connectivity index (χ0) is 10.0. The van der Waals surface area contributed by atoms with Crippen LogP contribution >= 0.6 is 11.3 Å². The van der Waals surface area contributed by atoms with Crippen LogP contribution in [0.25, 0.3) is 6.08 Å². The number of carbonyl (C=O) groups is 1. The van der Waals surface area contributed by atoms with Gasteiger partial charge >= 0.3 is 5.97 Å². The Bertz CT molecular complexity index is 366. The first-order valence-electron chi connectivity index (χ1n) is 3.86. The quantitative estimate of drug-likeness (QED) is 0.740. The van der Waals surface area contributed by atoms with Crippen LogP contribution < -0.4 is 0 Å². The van der Waals surface area contributed by atoms with E-state index in [1.165, 1.54) is 11.3 Å². The summed E-state index contributed by atoms with van der Waals surface area (Å²) in [6, 6.07) is 0. The number of hydrogen-bond acceptors (Lipinski definition) is 3. The van der Waals surface area contributed by atoms with Crippen LogP contribution in [-0.4, -0.2) is 16.1 Å². The van der Waals surface area contributed by atoms with Crippen molar-refractivity contribution in [3.63, 3.8) is 0 Å². The molecule has 70 valence electrons. The van der Waals surface area contributed by atoms with Gasteiger partial charge < -0.3 is 5.11 Å². The van der Waals surface area contributed by atoms with Gasteiger partial charge in [0.25, 0.3) is 0 Å². The van der Waals surface area contributed by atoms with Crippen molar-refractivity contribution in [1.82, 2.24) is 4.98 Å². The molecule has 0 aromatic carbocycles. The molecule has 4 heteroatoms. The molecule has 0 atom stereocenters. The highest BCUT2D eigenvalue weighted by Gasteiger charge is 2.05. The van der Waals surface area contributed by atoms with Gasteiger partial charge in [-0.2, -0.15) is 0 Å². The second-order valence-electron chi connectivity index (χ2n) is 2.82. The van der Waals surface area contributed by atoms with E-state index >= 15 is 0 Å². The Morgan fingerprint density at radius 1 is 1.54 bits per heavy atom. The summed E-state index contributed by atoms with van der Waals surface area (Å²) in [4.78, 5) is 15.7. The van der Waals surface area contributed by atoms with E-state index in [1.807, 2.05) is 13.8 Å². The minimum Gasteiger partial charge on any atom is -0.478 e. The standard InChI is InChI=1S/C9H11NO2S/c1-5(9(11)12)4-8-6(2)10-7(3)13-8/h4H,1-3H3,(H,11,12)/b5-4+. The molecular weight excluding hydrogens is 186 g/mol. The molecule has 1 rings (SSSR count). The Hall–Kier alpha value is -1.16. The molecule has 0 amide bonds. The molecule has 0 saturated heterocycles. The first kappa shape index (κ1) is 9.92. The van der Waals surface area contributed by atoms with Crippen LogP contribution in [0, 0.1) is 13.8 Å². The van der Waals surface area contributed by atoms with Gasteiger partial charge in [-0.05, 0) is 26.8 Å². The lowest BCUT2D eigenvalue weighted by Gasteiger charge is -1.91. The van der Waals surface area contributed by atoms with E-state index in [-0.39, 0.29) is 0 Å². The Morgan fingerprint density at radius 2 is 2.15 bits per heavy atom. The van der Waals surface area contributed by atoms with E-state index in [4.69, 9.17) is 5.11 Å². The van der Waals surface area contributed by atoms with Crippen LogP contribution in [0.1, 0.15) is 22.5 Å². The number of carboxylic acids is 1. The summed E-state index contributed by atoms with van der Waals surface area (Å²) in [5.41, 5.74) is 1.23. The Morgan fingerprint density at radius 3 is 2.54 bits per heavy atom.